The summed E-state index contributed by atoms with van der Waals surface area (Å²) in [4.78, 5) is 18.2. The third kappa shape index (κ3) is 3.94. The van der Waals surface area contributed by atoms with Crippen LogP contribution in [0.4, 0.5) is 8.78 Å². The number of benzene rings is 3. The van der Waals surface area contributed by atoms with Gasteiger partial charge in [-0.3, -0.25) is 4.79 Å². The van der Waals surface area contributed by atoms with E-state index in [-0.39, 0.29) is 24.8 Å². The zero-order valence-corrected chi connectivity index (χ0v) is 16.7. The fraction of sp³-hybridized carbons (Fsp3) is 0.125. The van der Waals surface area contributed by atoms with Gasteiger partial charge in [0.05, 0.1) is 18.7 Å². The summed E-state index contributed by atoms with van der Waals surface area (Å²) in [5.41, 5.74) is 1.27. The summed E-state index contributed by atoms with van der Waals surface area (Å²) in [7, 11) is 0. The minimum absolute atomic E-state index is 0.256. The second kappa shape index (κ2) is 8.22. The van der Waals surface area contributed by atoms with Gasteiger partial charge in [-0.05, 0) is 36.4 Å². The van der Waals surface area contributed by atoms with Crippen molar-refractivity contribution in [1.82, 2.24) is 15.0 Å². The summed E-state index contributed by atoms with van der Waals surface area (Å²) in [6, 6.07) is 19.5. The first kappa shape index (κ1) is 19.9. The topological polar surface area (TPSA) is 68.5 Å². The van der Waals surface area contributed by atoms with Gasteiger partial charge in [-0.2, -0.15) is 4.98 Å². The van der Waals surface area contributed by atoms with Gasteiger partial charge in [0.25, 0.3) is 11.8 Å². The van der Waals surface area contributed by atoms with Gasteiger partial charge in [-0.25, -0.2) is 8.78 Å². The molecule has 6 nitrogen and oxygen atoms in total. The maximum Gasteiger partial charge on any atom is 0.258 e. The van der Waals surface area contributed by atoms with Gasteiger partial charge >= 0.3 is 0 Å². The van der Waals surface area contributed by atoms with Crippen LogP contribution in [0.15, 0.2) is 77.3 Å². The molecule has 32 heavy (non-hydrogen) atoms. The van der Waals surface area contributed by atoms with E-state index in [1.807, 2.05) is 36.4 Å². The monoisotopic (exact) mass is 433 g/mol. The Morgan fingerprint density at radius 2 is 1.75 bits per heavy atom. The Balaban J connectivity index is 1.24. The zero-order chi connectivity index (χ0) is 22.1. The van der Waals surface area contributed by atoms with Gasteiger partial charge < -0.3 is 14.2 Å². The van der Waals surface area contributed by atoms with E-state index in [4.69, 9.17) is 9.26 Å². The number of halogens is 2. The van der Waals surface area contributed by atoms with Crippen LogP contribution < -0.4 is 4.74 Å². The highest BCUT2D eigenvalue weighted by Gasteiger charge is 2.34. The third-order valence-corrected chi connectivity index (χ3v) is 5.14. The lowest BCUT2D eigenvalue weighted by molar-refractivity contribution is 0.0174. The van der Waals surface area contributed by atoms with Crippen molar-refractivity contribution in [1.29, 1.82) is 0 Å². The van der Waals surface area contributed by atoms with Crippen LogP contribution in [0.1, 0.15) is 10.4 Å². The molecule has 2 heterocycles. The third-order valence-electron chi connectivity index (χ3n) is 5.14. The van der Waals surface area contributed by atoms with E-state index in [0.29, 0.717) is 23.0 Å². The molecule has 4 aromatic rings. The Morgan fingerprint density at radius 3 is 2.56 bits per heavy atom. The molecule has 3 aromatic carbocycles. The molecule has 0 atom stereocenters. The molecule has 1 saturated heterocycles. The Bertz CT molecular complexity index is 1270. The molecule has 0 saturated carbocycles. The molecule has 1 fully saturated rings. The predicted octanol–water partition coefficient (Wildman–Crippen LogP) is 4.59. The molecule has 0 bridgehead atoms. The van der Waals surface area contributed by atoms with Crippen LogP contribution in [-0.2, 0) is 0 Å². The quantitative estimate of drug-likeness (QED) is 0.461. The highest BCUT2D eigenvalue weighted by Crippen LogP contribution is 2.27. The fourth-order valence-electron chi connectivity index (χ4n) is 3.45. The largest absolute Gasteiger partial charge is 0.487 e. The molecule has 5 rings (SSSR count). The van der Waals surface area contributed by atoms with Gasteiger partial charge in [0, 0.05) is 11.1 Å². The second-order valence-corrected chi connectivity index (χ2v) is 7.39. The molecule has 1 aliphatic heterocycles. The van der Waals surface area contributed by atoms with Crippen LogP contribution in [0, 0.1) is 11.6 Å². The molecule has 0 spiro atoms. The molecular weight excluding hydrogens is 416 g/mol. The fourth-order valence-corrected chi connectivity index (χ4v) is 3.45. The van der Waals surface area contributed by atoms with Gasteiger partial charge in [-0.1, -0.05) is 41.6 Å². The van der Waals surface area contributed by atoms with Gasteiger partial charge in [0.2, 0.25) is 5.82 Å². The zero-order valence-electron chi connectivity index (χ0n) is 16.7. The summed E-state index contributed by atoms with van der Waals surface area (Å²) in [5.74, 6) is -0.531. The minimum atomic E-state index is -0.747. The molecule has 1 aliphatic rings. The van der Waals surface area contributed by atoms with Crippen molar-refractivity contribution >= 4 is 5.91 Å². The number of hydrogen-bond acceptors (Lipinski definition) is 5. The lowest BCUT2D eigenvalue weighted by Crippen LogP contribution is -2.56. The van der Waals surface area contributed by atoms with Crippen molar-refractivity contribution in [2.45, 2.75) is 6.10 Å². The second-order valence-electron chi connectivity index (χ2n) is 7.39. The van der Waals surface area contributed by atoms with Crippen molar-refractivity contribution < 1.29 is 22.8 Å². The Hall–Kier alpha value is -4.07. The molecule has 0 radical (unpaired) electrons. The van der Waals surface area contributed by atoms with E-state index < -0.39 is 17.5 Å². The van der Waals surface area contributed by atoms with E-state index in [0.717, 1.165) is 23.8 Å². The lowest BCUT2D eigenvalue weighted by atomic mass is 10.1. The summed E-state index contributed by atoms with van der Waals surface area (Å²) >= 11 is 0. The Kier molecular flexibility index (Phi) is 5.10. The van der Waals surface area contributed by atoms with Crippen LogP contribution in [0.25, 0.3) is 22.8 Å². The van der Waals surface area contributed by atoms with E-state index in [2.05, 4.69) is 10.1 Å². The SMILES string of the molecule is O=C(c1cc(F)ccc1F)N1CC(Oc2cccc(-c3nc(-c4ccccc4)no3)c2)C1. The molecular formula is C24H17F2N3O3. The van der Waals surface area contributed by atoms with Crippen molar-refractivity contribution in [3.05, 3.63) is 90.0 Å². The molecule has 8 heteroatoms. The number of carbonyl (C=O) groups is 1. The van der Waals surface area contributed by atoms with Crippen LogP contribution in [0.2, 0.25) is 0 Å². The predicted molar refractivity (Wildman–Crippen MR) is 112 cm³/mol. The Morgan fingerprint density at radius 1 is 0.969 bits per heavy atom. The summed E-state index contributed by atoms with van der Waals surface area (Å²) in [6.45, 7) is 0.551. The molecule has 0 N–H and O–H groups in total. The van der Waals surface area contributed by atoms with E-state index in [1.165, 1.54) is 4.90 Å². The van der Waals surface area contributed by atoms with Crippen LogP contribution >= 0.6 is 0 Å². The number of carbonyl (C=O) groups excluding carboxylic acids is 1. The first-order valence-electron chi connectivity index (χ1n) is 9.97. The molecule has 0 aliphatic carbocycles. The smallest absolute Gasteiger partial charge is 0.258 e. The number of nitrogens with zero attached hydrogens (tertiary/aromatic N) is 3. The summed E-state index contributed by atoms with van der Waals surface area (Å²) in [6.07, 6.45) is -0.256. The van der Waals surface area contributed by atoms with Crippen molar-refractivity contribution in [3.63, 3.8) is 0 Å². The van der Waals surface area contributed by atoms with E-state index >= 15 is 0 Å². The minimum Gasteiger partial charge on any atom is -0.487 e. The molecule has 160 valence electrons. The van der Waals surface area contributed by atoms with Gasteiger partial charge in [0.15, 0.2) is 0 Å². The van der Waals surface area contributed by atoms with Crippen LogP contribution in [0.3, 0.4) is 0 Å². The van der Waals surface area contributed by atoms with Crippen LogP contribution in [-0.4, -0.2) is 40.1 Å². The highest BCUT2D eigenvalue weighted by molar-refractivity contribution is 5.95. The Labute approximate surface area is 182 Å². The molecule has 1 amide bonds. The first-order chi connectivity index (χ1) is 15.6. The average Bonchev–Trinajstić information content (AvgIpc) is 3.28. The number of rotatable bonds is 5. The summed E-state index contributed by atoms with van der Waals surface area (Å²) < 4.78 is 38.5. The maximum absolute atomic E-state index is 13.8. The van der Waals surface area contributed by atoms with Gasteiger partial charge in [-0.15, -0.1) is 0 Å². The van der Waals surface area contributed by atoms with E-state index in [1.54, 1.807) is 18.2 Å². The lowest BCUT2D eigenvalue weighted by Gasteiger charge is -2.39. The number of hydrogen-bond donors (Lipinski definition) is 0. The standard InChI is InChI=1S/C24H17F2N3O3/c25-17-9-10-21(26)20(12-17)24(30)29-13-19(14-29)31-18-8-4-7-16(11-18)23-27-22(28-32-23)15-5-2-1-3-6-15/h1-12,19H,13-14H2. The molecule has 1 aromatic heterocycles. The number of amides is 1. The number of ether oxygens (including phenoxy) is 1. The normalized spacial score (nSPS) is 13.6. The van der Waals surface area contributed by atoms with Crippen molar-refractivity contribution in [3.8, 4) is 28.6 Å². The summed E-state index contributed by atoms with van der Waals surface area (Å²) in [5, 5.41) is 4.02. The van der Waals surface area contributed by atoms with E-state index in [9.17, 15) is 13.6 Å². The van der Waals surface area contributed by atoms with Gasteiger partial charge in [0.1, 0.15) is 23.5 Å². The first-order valence-corrected chi connectivity index (χ1v) is 9.97. The van der Waals surface area contributed by atoms with Crippen molar-refractivity contribution in [2.75, 3.05) is 13.1 Å². The average molecular weight is 433 g/mol. The number of aromatic nitrogens is 2. The number of likely N-dealkylation sites (tertiary alicyclic amines) is 1. The van der Waals surface area contributed by atoms with Crippen LogP contribution in [0.5, 0.6) is 5.75 Å². The molecule has 0 unspecified atom stereocenters. The highest BCUT2D eigenvalue weighted by atomic mass is 19.1. The maximum atomic E-state index is 13.8. The van der Waals surface area contributed by atoms with Crippen molar-refractivity contribution in [2.24, 2.45) is 0 Å².